The first-order valence-electron chi connectivity index (χ1n) is 6.81. The maximum absolute atomic E-state index is 10.2. The van der Waals surface area contributed by atoms with Crippen LogP contribution in [0, 0.1) is 0 Å². The number of ether oxygens (including phenoxy) is 2. The van der Waals surface area contributed by atoms with Crippen molar-refractivity contribution < 1.29 is 14.6 Å². The summed E-state index contributed by atoms with van der Waals surface area (Å²) in [7, 11) is 1.51. The highest BCUT2D eigenvalue weighted by Gasteiger charge is 2.34. The van der Waals surface area contributed by atoms with Gasteiger partial charge in [-0.05, 0) is 24.3 Å². The molecule has 0 bridgehead atoms. The number of hydrazone groups is 1. The molecule has 2 heterocycles. The molecule has 1 N–H and O–H groups in total. The van der Waals surface area contributed by atoms with Crippen LogP contribution in [0.4, 0.5) is 5.69 Å². The molecule has 6 nitrogen and oxygen atoms in total. The zero-order chi connectivity index (χ0) is 15.1. The van der Waals surface area contributed by atoms with Gasteiger partial charge in [0.05, 0.1) is 18.4 Å². The van der Waals surface area contributed by atoms with Crippen LogP contribution < -0.4 is 9.75 Å². The van der Waals surface area contributed by atoms with Gasteiger partial charge in [-0.15, -0.1) is 5.10 Å². The molecule has 2 aliphatic heterocycles. The minimum absolute atomic E-state index is 0.0468. The number of hydrogen-bond acceptors (Lipinski definition) is 6. The van der Waals surface area contributed by atoms with Crippen LogP contribution in [0.1, 0.15) is 11.1 Å². The van der Waals surface area contributed by atoms with Crippen molar-refractivity contribution in [2.45, 2.75) is 6.35 Å². The standard InChI is InChI=1S/C16H13N3O3/c1-21-13-8-7-12-11(14(13)20)9-17-16-19(12)18-15(22-16)10-5-3-2-4-6-10/h2-9,16,20H,1H3. The first kappa shape index (κ1) is 12.7. The van der Waals surface area contributed by atoms with E-state index in [0.717, 1.165) is 11.3 Å². The van der Waals surface area contributed by atoms with Gasteiger partial charge in [-0.25, -0.2) is 10.0 Å². The van der Waals surface area contributed by atoms with Gasteiger partial charge in [0.15, 0.2) is 11.5 Å². The molecule has 22 heavy (non-hydrogen) atoms. The predicted octanol–water partition coefficient (Wildman–Crippen LogP) is 2.32. The molecule has 2 aliphatic rings. The average Bonchev–Trinajstić information content (AvgIpc) is 3.00. The molecule has 4 rings (SSSR count). The Morgan fingerprint density at radius 1 is 1.18 bits per heavy atom. The Hall–Kier alpha value is -3.02. The number of nitrogens with zero attached hydrogens (tertiary/aromatic N) is 3. The monoisotopic (exact) mass is 295 g/mol. The van der Waals surface area contributed by atoms with Crippen molar-refractivity contribution in [2.75, 3.05) is 12.1 Å². The van der Waals surface area contributed by atoms with Crippen molar-refractivity contribution >= 4 is 17.8 Å². The van der Waals surface area contributed by atoms with Gasteiger partial charge in [0.1, 0.15) is 0 Å². The number of rotatable bonds is 2. The molecule has 0 fully saturated rings. The number of phenols is 1. The average molecular weight is 295 g/mol. The topological polar surface area (TPSA) is 66.6 Å². The summed E-state index contributed by atoms with van der Waals surface area (Å²) in [5.41, 5.74) is 2.17. The minimum Gasteiger partial charge on any atom is -0.504 e. The molecule has 0 amide bonds. The van der Waals surface area contributed by atoms with E-state index in [4.69, 9.17) is 9.47 Å². The van der Waals surface area contributed by atoms with E-state index in [1.54, 1.807) is 17.3 Å². The molecule has 110 valence electrons. The van der Waals surface area contributed by atoms with Crippen LogP contribution in [0.3, 0.4) is 0 Å². The highest BCUT2D eigenvalue weighted by molar-refractivity contribution is 5.99. The van der Waals surface area contributed by atoms with Gasteiger partial charge in [-0.3, -0.25) is 0 Å². The third-order valence-corrected chi connectivity index (χ3v) is 3.60. The first-order chi connectivity index (χ1) is 10.8. The molecule has 6 heteroatoms. The summed E-state index contributed by atoms with van der Waals surface area (Å²) in [5.74, 6) is 0.951. The van der Waals surface area contributed by atoms with E-state index >= 15 is 0 Å². The van der Waals surface area contributed by atoms with Crippen LogP contribution in [0.5, 0.6) is 11.5 Å². The van der Waals surface area contributed by atoms with E-state index in [-0.39, 0.29) is 5.75 Å². The molecule has 0 spiro atoms. The second-order valence-corrected chi connectivity index (χ2v) is 4.89. The molecule has 1 atom stereocenters. The van der Waals surface area contributed by atoms with Crippen LogP contribution >= 0.6 is 0 Å². The number of aliphatic imine (C=N–C) groups is 1. The van der Waals surface area contributed by atoms with Gasteiger partial charge < -0.3 is 14.6 Å². The maximum atomic E-state index is 10.2. The van der Waals surface area contributed by atoms with Gasteiger partial charge in [0, 0.05) is 11.8 Å². The smallest absolute Gasteiger partial charge is 0.291 e. The molecular weight excluding hydrogens is 282 g/mol. The fourth-order valence-corrected chi connectivity index (χ4v) is 2.50. The lowest BCUT2D eigenvalue weighted by molar-refractivity contribution is 0.223. The lowest BCUT2D eigenvalue weighted by Crippen LogP contribution is -2.29. The quantitative estimate of drug-likeness (QED) is 0.923. The van der Waals surface area contributed by atoms with Crippen LogP contribution in [0.25, 0.3) is 0 Å². The van der Waals surface area contributed by atoms with Crippen molar-refractivity contribution in [2.24, 2.45) is 10.1 Å². The van der Waals surface area contributed by atoms with Crippen molar-refractivity contribution in [1.29, 1.82) is 0 Å². The molecular formula is C16H13N3O3. The molecule has 0 aromatic heterocycles. The van der Waals surface area contributed by atoms with Crippen molar-refractivity contribution in [3.8, 4) is 11.5 Å². The normalized spacial score (nSPS) is 18.3. The number of anilines is 1. The maximum Gasteiger partial charge on any atom is 0.291 e. The van der Waals surface area contributed by atoms with Crippen molar-refractivity contribution in [1.82, 2.24) is 0 Å². The van der Waals surface area contributed by atoms with Gasteiger partial charge in [0.2, 0.25) is 5.90 Å². The molecule has 0 saturated carbocycles. The summed E-state index contributed by atoms with van der Waals surface area (Å²) >= 11 is 0. The van der Waals surface area contributed by atoms with Gasteiger partial charge >= 0.3 is 0 Å². The first-order valence-corrected chi connectivity index (χ1v) is 6.81. The Morgan fingerprint density at radius 3 is 2.77 bits per heavy atom. The van der Waals surface area contributed by atoms with E-state index in [1.165, 1.54) is 7.11 Å². The Labute approximate surface area is 126 Å². The summed E-state index contributed by atoms with van der Waals surface area (Å²) in [5, 5.41) is 16.3. The Balaban J connectivity index is 1.78. The number of hydrogen-bond donors (Lipinski definition) is 1. The number of fused-ring (bicyclic) bond motifs is 3. The number of aromatic hydroxyl groups is 1. The van der Waals surface area contributed by atoms with E-state index in [2.05, 4.69) is 10.1 Å². The summed E-state index contributed by atoms with van der Waals surface area (Å²) in [4.78, 5) is 4.29. The van der Waals surface area contributed by atoms with E-state index < -0.39 is 6.35 Å². The molecule has 2 aromatic carbocycles. The van der Waals surface area contributed by atoms with Gasteiger partial charge in [-0.1, -0.05) is 18.2 Å². The summed E-state index contributed by atoms with van der Waals surface area (Å²) < 4.78 is 10.9. The Bertz CT molecular complexity index is 787. The van der Waals surface area contributed by atoms with E-state index in [1.807, 2.05) is 36.4 Å². The van der Waals surface area contributed by atoms with Crippen LogP contribution in [0.2, 0.25) is 0 Å². The number of phenolic OH excluding ortho intramolecular Hbond substituents is 1. The second-order valence-electron chi connectivity index (χ2n) is 4.89. The zero-order valence-electron chi connectivity index (χ0n) is 11.8. The molecule has 1 unspecified atom stereocenters. The predicted molar refractivity (Wildman–Crippen MR) is 82.6 cm³/mol. The fraction of sp³-hybridized carbons (Fsp3) is 0.125. The van der Waals surface area contributed by atoms with Gasteiger partial charge in [-0.2, -0.15) is 0 Å². The summed E-state index contributed by atoms with van der Waals surface area (Å²) in [6.07, 6.45) is 1.04. The van der Waals surface area contributed by atoms with Crippen LogP contribution in [-0.2, 0) is 4.74 Å². The highest BCUT2D eigenvalue weighted by atomic mass is 16.5. The molecule has 0 aliphatic carbocycles. The summed E-state index contributed by atoms with van der Waals surface area (Å²) in [6.45, 7) is 0. The van der Waals surface area contributed by atoms with E-state index in [0.29, 0.717) is 17.2 Å². The Morgan fingerprint density at radius 2 is 2.00 bits per heavy atom. The second kappa shape index (κ2) is 4.77. The van der Waals surface area contributed by atoms with Crippen LogP contribution in [0.15, 0.2) is 52.6 Å². The Kier molecular flexibility index (Phi) is 2.75. The zero-order valence-corrected chi connectivity index (χ0v) is 11.8. The molecule has 0 saturated heterocycles. The fourth-order valence-electron chi connectivity index (χ4n) is 2.50. The van der Waals surface area contributed by atoms with E-state index in [9.17, 15) is 5.11 Å². The number of benzene rings is 2. The molecule has 2 aromatic rings. The van der Waals surface area contributed by atoms with Crippen molar-refractivity contribution in [3.63, 3.8) is 0 Å². The largest absolute Gasteiger partial charge is 0.504 e. The van der Waals surface area contributed by atoms with Gasteiger partial charge in [0.25, 0.3) is 6.35 Å². The highest BCUT2D eigenvalue weighted by Crippen LogP contribution is 2.40. The number of methoxy groups -OCH3 is 1. The minimum atomic E-state index is -0.546. The third-order valence-electron chi connectivity index (χ3n) is 3.60. The SMILES string of the molecule is COc1ccc2c(c1O)C=NC1OC(c3ccccc3)=NN21. The lowest BCUT2D eigenvalue weighted by atomic mass is 10.1. The third kappa shape index (κ3) is 1.81. The summed E-state index contributed by atoms with van der Waals surface area (Å²) in [6, 6.07) is 13.1. The lowest BCUT2D eigenvalue weighted by Gasteiger charge is -2.24. The van der Waals surface area contributed by atoms with Crippen molar-refractivity contribution in [3.05, 3.63) is 53.6 Å². The molecule has 0 radical (unpaired) electrons. The van der Waals surface area contributed by atoms with Crippen LogP contribution in [-0.4, -0.2) is 30.7 Å².